The molecular formula is C10H16N4O3S. The molecule has 0 spiro atoms. The van der Waals surface area contributed by atoms with Gasteiger partial charge in [-0.05, 0) is 19.1 Å². The number of nitrogen functional groups attached to an aromatic ring is 1. The lowest BCUT2D eigenvalue weighted by atomic mass is 10.3. The van der Waals surface area contributed by atoms with Crippen LogP contribution >= 0.6 is 0 Å². The number of aromatic nitrogens is 1. The summed E-state index contributed by atoms with van der Waals surface area (Å²) >= 11 is 0. The second-order valence-electron chi connectivity index (χ2n) is 3.99. The normalized spacial score (nSPS) is 13.1. The van der Waals surface area contributed by atoms with Gasteiger partial charge in [-0.25, -0.2) is 13.4 Å². The van der Waals surface area contributed by atoms with E-state index in [0.717, 1.165) is 6.20 Å². The van der Waals surface area contributed by atoms with Crippen molar-refractivity contribution < 1.29 is 13.2 Å². The van der Waals surface area contributed by atoms with Gasteiger partial charge in [0, 0.05) is 20.3 Å². The SMILES string of the molecule is CC(NS(=O)(=O)c1ccc(N)nc1)C(=O)N(C)C. The Morgan fingerprint density at radius 1 is 1.44 bits per heavy atom. The van der Waals surface area contributed by atoms with Crippen LogP contribution in [0.2, 0.25) is 0 Å². The van der Waals surface area contributed by atoms with E-state index in [4.69, 9.17) is 5.73 Å². The molecular weight excluding hydrogens is 256 g/mol. The highest BCUT2D eigenvalue weighted by molar-refractivity contribution is 7.89. The highest BCUT2D eigenvalue weighted by Crippen LogP contribution is 2.09. The van der Waals surface area contributed by atoms with Gasteiger partial charge in [-0.1, -0.05) is 0 Å². The van der Waals surface area contributed by atoms with Gasteiger partial charge in [-0.3, -0.25) is 4.79 Å². The summed E-state index contributed by atoms with van der Waals surface area (Å²) in [7, 11) is -0.663. The summed E-state index contributed by atoms with van der Waals surface area (Å²) in [5.41, 5.74) is 5.37. The topological polar surface area (TPSA) is 105 Å². The Morgan fingerprint density at radius 3 is 2.50 bits per heavy atom. The predicted molar refractivity (Wildman–Crippen MR) is 67.1 cm³/mol. The number of nitrogens with zero attached hydrogens (tertiary/aromatic N) is 2. The van der Waals surface area contributed by atoms with Crippen LogP contribution in [0.1, 0.15) is 6.92 Å². The Balaban J connectivity index is 2.89. The molecule has 0 bridgehead atoms. The zero-order valence-electron chi connectivity index (χ0n) is 10.4. The van der Waals surface area contributed by atoms with Crippen molar-refractivity contribution in [3.05, 3.63) is 18.3 Å². The van der Waals surface area contributed by atoms with Crippen LogP contribution in [0.4, 0.5) is 5.82 Å². The van der Waals surface area contributed by atoms with Gasteiger partial charge >= 0.3 is 0 Å². The molecule has 1 unspecified atom stereocenters. The lowest BCUT2D eigenvalue weighted by Crippen LogP contribution is -2.44. The van der Waals surface area contributed by atoms with Crippen molar-refractivity contribution in [1.82, 2.24) is 14.6 Å². The van der Waals surface area contributed by atoms with E-state index in [-0.39, 0.29) is 16.6 Å². The maximum Gasteiger partial charge on any atom is 0.242 e. The minimum Gasteiger partial charge on any atom is -0.384 e. The molecule has 0 aromatic carbocycles. The van der Waals surface area contributed by atoms with Crippen LogP contribution in [0, 0.1) is 0 Å². The standard InChI is InChI=1S/C10H16N4O3S/c1-7(10(15)14(2)3)13-18(16,17)8-4-5-9(11)12-6-8/h4-7,13H,1-3H3,(H2,11,12). The van der Waals surface area contributed by atoms with Crippen LogP contribution in [0.15, 0.2) is 23.2 Å². The van der Waals surface area contributed by atoms with Gasteiger partial charge in [0.1, 0.15) is 10.7 Å². The fourth-order valence-corrected chi connectivity index (χ4v) is 2.43. The molecule has 1 aromatic rings. The Bertz CT molecular complexity index is 525. The summed E-state index contributed by atoms with van der Waals surface area (Å²) in [6.07, 6.45) is 1.14. The van der Waals surface area contributed by atoms with Crippen molar-refractivity contribution in [2.75, 3.05) is 19.8 Å². The van der Waals surface area contributed by atoms with Crippen molar-refractivity contribution in [3.63, 3.8) is 0 Å². The number of rotatable bonds is 4. The van der Waals surface area contributed by atoms with Crippen LogP contribution in [-0.2, 0) is 14.8 Å². The zero-order chi connectivity index (χ0) is 13.9. The first-order valence-corrected chi connectivity index (χ1v) is 6.67. The van der Waals surface area contributed by atoms with Gasteiger partial charge < -0.3 is 10.6 Å². The average Bonchev–Trinajstić information content (AvgIpc) is 2.27. The van der Waals surface area contributed by atoms with E-state index in [1.54, 1.807) is 14.1 Å². The first-order valence-electron chi connectivity index (χ1n) is 5.19. The maximum atomic E-state index is 11.9. The molecule has 1 heterocycles. The van der Waals surface area contributed by atoms with Gasteiger partial charge in [-0.2, -0.15) is 4.72 Å². The monoisotopic (exact) mass is 272 g/mol. The highest BCUT2D eigenvalue weighted by Gasteiger charge is 2.23. The molecule has 0 saturated carbocycles. The molecule has 18 heavy (non-hydrogen) atoms. The second-order valence-corrected chi connectivity index (χ2v) is 5.71. The Morgan fingerprint density at radius 2 is 2.06 bits per heavy atom. The number of nitrogens with one attached hydrogen (secondary N) is 1. The number of hydrogen-bond donors (Lipinski definition) is 2. The summed E-state index contributed by atoms with van der Waals surface area (Å²) in [4.78, 5) is 16.5. The van der Waals surface area contributed by atoms with Gasteiger partial charge in [0.15, 0.2) is 0 Å². The number of carbonyl (C=O) groups is 1. The Kier molecular flexibility index (Phi) is 4.25. The van der Waals surface area contributed by atoms with E-state index >= 15 is 0 Å². The van der Waals surface area contributed by atoms with Crippen LogP contribution in [0.3, 0.4) is 0 Å². The van der Waals surface area contributed by atoms with Gasteiger partial charge in [0.05, 0.1) is 6.04 Å². The van der Waals surface area contributed by atoms with Gasteiger partial charge in [-0.15, -0.1) is 0 Å². The van der Waals surface area contributed by atoms with E-state index in [9.17, 15) is 13.2 Å². The molecule has 0 fully saturated rings. The fourth-order valence-electron chi connectivity index (χ4n) is 1.29. The maximum absolute atomic E-state index is 11.9. The molecule has 3 N–H and O–H groups in total. The molecule has 0 saturated heterocycles. The third-order valence-corrected chi connectivity index (χ3v) is 3.74. The van der Waals surface area contributed by atoms with Gasteiger partial charge in [0.2, 0.25) is 15.9 Å². The van der Waals surface area contributed by atoms with Crippen LogP contribution < -0.4 is 10.5 Å². The molecule has 1 amide bonds. The van der Waals surface area contributed by atoms with Crippen molar-refractivity contribution in [2.45, 2.75) is 17.9 Å². The van der Waals surface area contributed by atoms with Crippen LogP contribution in [0.25, 0.3) is 0 Å². The van der Waals surface area contributed by atoms with E-state index in [1.165, 1.54) is 24.0 Å². The van der Waals surface area contributed by atoms with E-state index < -0.39 is 16.1 Å². The molecule has 1 atom stereocenters. The molecule has 8 heteroatoms. The van der Waals surface area contributed by atoms with Crippen LogP contribution in [0.5, 0.6) is 0 Å². The number of likely N-dealkylation sites (N-methyl/N-ethyl adjacent to an activating group) is 1. The average molecular weight is 272 g/mol. The summed E-state index contributed by atoms with van der Waals surface area (Å²) in [6, 6.07) is 1.87. The van der Waals surface area contributed by atoms with E-state index in [0.29, 0.717) is 0 Å². The second kappa shape index (κ2) is 5.32. The number of sulfonamides is 1. The highest BCUT2D eigenvalue weighted by atomic mass is 32.2. The molecule has 1 rings (SSSR count). The number of carbonyl (C=O) groups excluding carboxylic acids is 1. The van der Waals surface area contributed by atoms with Crippen molar-refractivity contribution in [3.8, 4) is 0 Å². The van der Waals surface area contributed by atoms with Crippen LogP contribution in [-0.4, -0.2) is 44.3 Å². The summed E-state index contributed by atoms with van der Waals surface area (Å²) in [5, 5.41) is 0. The summed E-state index contributed by atoms with van der Waals surface area (Å²) in [6.45, 7) is 1.48. The summed E-state index contributed by atoms with van der Waals surface area (Å²) in [5.74, 6) is -0.103. The third kappa shape index (κ3) is 3.41. The molecule has 7 nitrogen and oxygen atoms in total. The number of pyridine rings is 1. The zero-order valence-corrected chi connectivity index (χ0v) is 11.2. The molecule has 1 aromatic heterocycles. The first-order chi connectivity index (χ1) is 8.24. The summed E-state index contributed by atoms with van der Waals surface area (Å²) < 4.78 is 26.1. The third-order valence-electron chi connectivity index (χ3n) is 2.21. The minimum atomic E-state index is -3.77. The lowest BCUT2D eigenvalue weighted by molar-refractivity contribution is -0.130. The van der Waals surface area contributed by atoms with Crippen molar-refractivity contribution in [2.24, 2.45) is 0 Å². The smallest absolute Gasteiger partial charge is 0.242 e. The number of hydrogen-bond acceptors (Lipinski definition) is 5. The van der Waals surface area contributed by atoms with Crippen molar-refractivity contribution >= 4 is 21.7 Å². The predicted octanol–water partition coefficient (Wildman–Crippen LogP) is -0.581. The number of nitrogens with two attached hydrogens (primary N) is 1. The van der Waals surface area contributed by atoms with E-state index in [2.05, 4.69) is 9.71 Å². The first kappa shape index (κ1) is 14.4. The largest absolute Gasteiger partial charge is 0.384 e. The number of amides is 1. The Hall–Kier alpha value is -1.67. The quantitative estimate of drug-likeness (QED) is 0.762. The van der Waals surface area contributed by atoms with E-state index in [1.807, 2.05) is 0 Å². The Labute approximate surface area is 106 Å². The fraction of sp³-hybridized carbons (Fsp3) is 0.400. The lowest BCUT2D eigenvalue weighted by Gasteiger charge is -2.17. The molecule has 100 valence electrons. The number of anilines is 1. The molecule has 0 aliphatic heterocycles. The minimum absolute atomic E-state index is 0.0323. The molecule has 0 radical (unpaired) electrons. The van der Waals surface area contributed by atoms with Crippen molar-refractivity contribution in [1.29, 1.82) is 0 Å². The van der Waals surface area contributed by atoms with Gasteiger partial charge in [0.25, 0.3) is 0 Å². The molecule has 0 aliphatic rings. The molecule has 0 aliphatic carbocycles.